The summed E-state index contributed by atoms with van der Waals surface area (Å²) in [6.07, 6.45) is 2.63. The van der Waals surface area contributed by atoms with Crippen LogP contribution in [-0.4, -0.2) is 27.1 Å². The van der Waals surface area contributed by atoms with Crippen molar-refractivity contribution in [2.24, 2.45) is 5.41 Å². The summed E-state index contributed by atoms with van der Waals surface area (Å²) in [6.45, 7) is 10.7. The summed E-state index contributed by atoms with van der Waals surface area (Å²) in [4.78, 5) is 4.57. The van der Waals surface area contributed by atoms with Crippen molar-refractivity contribution in [2.75, 3.05) is 11.2 Å². The van der Waals surface area contributed by atoms with Gasteiger partial charge in [-0.1, -0.05) is 34.6 Å². The van der Waals surface area contributed by atoms with E-state index in [1.807, 2.05) is 0 Å². The second kappa shape index (κ2) is 7.04. The normalized spacial score (nSPS) is 13.4. The van der Waals surface area contributed by atoms with Crippen LogP contribution in [0.5, 0.6) is 0 Å². The average molecular weight is 285 g/mol. The number of alkyl halides is 1. The van der Waals surface area contributed by atoms with E-state index in [2.05, 4.69) is 55.1 Å². The van der Waals surface area contributed by atoms with Gasteiger partial charge in [0.25, 0.3) is 0 Å². The number of hydrogen-bond donors (Lipinski definition) is 1. The standard InChI is InChI=1S/C14H25ClN4/c1-6-10-11(7-2)18-19-13(16-10)17-12(8-9-15)14(3,4)5/h12H,6-9H2,1-5H3,(H,16,17,19). The van der Waals surface area contributed by atoms with E-state index in [1.54, 1.807) is 0 Å². The highest BCUT2D eigenvalue weighted by molar-refractivity contribution is 6.17. The molecule has 5 heteroatoms. The van der Waals surface area contributed by atoms with Crippen LogP contribution in [0.15, 0.2) is 0 Å². The Morgan fingerprint density at radius 2 is 1.74 bits per heavy atom. The van der Waals surface area contributed by atoms with E-state index >= 15 is 0 Å². The molecule has 1 N–H and O–H groups in total. The van der Waals surface area contributed by atoms with Gasteiger partial charge in [0.1, 0.15) is 0 Å². The van der Waals surface area contributed by atoms with Crippen molar-refractivity contribution in [2.45, 2.75) is 59.9 Å². The molecule has 0 aliphatic carbocycles. The van der Waals surface area contributed by atoms with Crippen LogP contribution in [0, 0.1) is 5.41 Å². The van der Waals surface area contributed by atoms with E-state index in [0.29, 0.717) is 11.8 Å². The average Bonchev–Trinajstić information content (AvgIpc) is 2.37. The first-order valence-electron chi connectivity index (χ1n) is 6.97. The molecule has 0 radical (unpaired) electrons. The van der Waals surface area contributed by atoms with Gasteiger partial charge < -0.3 is 5.32 Å². The van der Waals surface area contributed by atoms with E-state index in [9.17, 15) is 0 Å². The zero-order chi connectivity index (χ0) is 14.5. The fourth-order valence-electron chi connectivity index (χ4n) is 1.99. The Labute approximate surface area is 121 Å². The molecule has 0 saturated carbocycles. The molecule has 1 unspecified atom stereocenters. The lowest BCUT2D eigenvalue weighted by Crippen LogP contribution is -2.35. The lowest BCUT2D eigenvalue weighted by molar-refractivity contribution is 0.333. The number of nitrogens with one attached hydrogen (secondary N) is 1. The molecule has 19 heavy (non-hydrogen) atoms. The third kappa shape index (κ3) is 4.60. The minimum atomic E-state index is 0.105. The topological polar surface area (TPSA) is 50.7 Å². The molecule has 1 aromatic rings. The van der Waals surface area contributed by atoms with Crippen molar-refractivity contribution in [3.05, 3.63) is 11.4 Å². The maximum Gasteiger partial charge on any atom is 0.243 e. The van der Waals surface area contributed by atoms with Crippen LogP contribution >= 0.6 is 11.6 Å². The maximum atomic E-state index is 5.88. The molecule has 108 valence electrons. The van der Waals surface area contributed by atoms with Crippen LogP contribution < -0.4 is 5.32 Å². The van der Waals surface area contributed by atoms with E-state index in [-0.39, 0.29) is 11.5 Å². The van der Waals surface area contributed by atoms with Crippen molar-refractivity contribution in [1.82, 2.24) is 15.2 Å². The van der Waals surface area contributed by atoms with Gasteiger partial charge in [0.05, 0.1) is 11.4 Å². The molecule has 0 bridgehead atoms. The summed E-state index contributed by atoms with van der Waals surface area (Å²) in [5.41, 5.74) is 2.12. The summed E-state index contributed by atoms with van der Waals surface area (Å²) in [5.74, 6) is 1.23. The largest absolute Gasteiger partial charge is 0.350 e. The van der Waals surface area contributed by atoms with Crippen molar-refractivity contribution in [1.29, 1.82) is 0 Å². The molecule has 1 atom stereocenters. The van der Waals surface area contributed by atoms with Gasteiger partial charge in [0.15, 0.2) is 0 Å². The molecule has 4 nitrogen and oxygen atoms in total. The number of rotatable bonds is 6. The van der Waals surface area contributed by atoms with Gasteiger partial charge in [-0.05, 0) is 24.7 Å². The second-order valence-corrected chi connectivity index (χ2v) is 6.15. The van der Waals surface area contributed by atoms with Gasteiger partial charge in [-0.3, -0.25) is 0 Å². The van der Waals surface area contributed by atoms with Gasteiger partial charge in [-0.15, -0.1) is 16.7 Å². The first-order valence-corrected chi connectivity index (χ1v) is 7.50. The number of hydrogen-bond acceptors (Lipinski definition) is 4. The smallest absolute Gasteiger partial charge is 0.243 e. The van der Waals surface area contributed by atoms with E-state index < -0.39 is 0 Å². The summed E-state index contributed by atoms with van der Waals surface area (Å²) >= 11 is 5.88. The van der Waals surface area contributed by atoms with Crippen LogP contribution in [0.25, 0.3) is 0 Å². The molecule has 0 amide bonds. The van der Waals surface area contributed by atoms with Crippen LogP contribution in [0.4, 0.5) is 5.95 Å². The predicted octanol–water partition coefficient (Wildman–Crippen LogP) is 3.45. The van der Waals surface area contributed by atoms with Gasteiger partial charge in [-0.2, -0.15) is 5.10 Å². The third-order valence-corrected chi connectivity index (χ3v) is 3.47. The predicted molar refractivity (Wildman–Crippen MR) is 80.8 cm³/mol. The lowest BCUT2D eigenvalue weighted by atomic mass is 9.85. The first kappa shape index (κ1) is 16.2. The summed E-state index contributed by atoms with van der Waals surface area (Å²) in [6, 6.07) is 0.240. The number of nitrogens with zero attached hydrogens (tertiary/aromatic N) is 3. The molecular formula is C14H25ClN4. The Hall–Kier alpha value is -0.900. The Morgan fingerprint density at radius 3 is 2.21 bits per heavy atom. The van der Waals surface area contributed by atoms with Crippen LogP contribution in [0.2, 0.25) is 0 Å². The number of aryl methyl sites for hydroxylation is 2. The first-order chi connectivity index (χ1) is 8.92. The molecule has 0 fully saturated rings. The Morgan fingerprint density at radius 1 is 1.11 bits per heavy atom. The fraction of sp³-hybridized carbons (Fsp3) is 0.786. The Kier molecular flexibility index (Phi) is 5.98. The third-order valence-electron chi connectivity index (χ3n) is 3.26. The molecule has 1 aromatic heterocycles. The summed E-state index contributed by atoms with van der Waals surface area (Å²) < 4.78 is 0. The number of aromatic nitrogens is 3. The SMILES string of the molecule is CCc1nnc(NC(CCCl)C(C)(C)C)nc1CC. The summed E-state index contributed by atoms with van der Waals surface area (Å²) in [7, 11) is 0. The van der Waals surface area contributed by atoms with Crippen LogP contribution in [-0.2, 0) is 12.8 Å². The quantitative estimate of drug-likeness (QED) is 0.813. The van der Waals surface area contributed by atoms with Crippen molar-refractivity contribution < 1.29 is 0 Å². The maximum absolute atomic E-state index is 5.88. The van der Waals surface area contributed by atoms with E-state index in [0.717, 1.165) is 30.7 Å². The molecule has 0 saturated heterocycles. The highest BCUT2D eigenvalue weighted by Crippen LogP contribution is 2.25. The Balaban J connectivity index is 2.91. The highest BCUT2D eigenvalue weighted by atomic mass is 35.5. The lowest BCUT2D eigenvalue weighted by Gasteiger charge is -2.31. The molecule has 1 rings (SSSR count). The number of anilines is 1. The number of halogens is 1. The van der Waals surface area contributed by atoms with Crippen LogP contribution in [0.1, 0.15) is 52.4 Å². The molecular weight excluding hydrogens is 260 g/mol. The molecule has 0 aliphatic rings. The van der Waals surface area contributed by atoms with Crippen LogP contribution in [0.3, 0.4) is 0 Å². The molecule has 0 aromatic carbocycles. The monoisotopic (exact) mass is 284 g/mol. The van der Waals surface area contributed by atoms with Crippen molar-refractivity contribution in [3.63, 3.8) is 0 Å². The van der Waals surface area contributed by atoms with Gasteiger partial charge >= 0.3 is 0 Å². The molecule has 0 aliphatic heterocycles. The zero-order valence-electron chi connectivity index (χ0n) is 12.6. The highest BCUT2D eigenvalue weighted by Gasteiger charge is 2.25. The van der Waals surface area contributed by atoms with E-state index in [1.165, 1.54) is 0 Å². The van der Waals surface area contributed by atoms with Gasteiger partial charge in [-0.25, -0.2) is 4.98 Å². The molecule has 1 heterocycles. The second-order valence-electron chi connectivity index (χ2n) is 5.78. The van der Waals surface area contributed by atoms with Crippen molar-refractivity contribution >= 4 is 17.5 Å². The Bertz CT molecular complexity index is 401. The van der Waals surface area contributed by atoms with Crippen molar-refractivity contribution in [3.8, 4) is 0 Å². The van der Waals surface area contributed by atoms with Gasteiger partial charge in [0.2, 0.25) is 5.95 Å². The zero-order valence-corrected chi connectivity index (χ0v) is 13.4. The summed E-state index contributed by atoms with van der Waals surface area (Å²) in [5, 5.41) is 11.8. The van der Waals surface area contributed by atoms with Gasteiger partial charge in [0, 0.05) is 11.9 Å². The molecule has 0 spiro atoms. The fourth-order valence-corrected chi connectivity index (χ4v) is 2.20. The van der Waals surface area contributed by atoms with E-state index in [4.69, 9.17) is 11.6 Å². The minimum Gasteiger partial charge on any atom is -0.350 e. The minimum absolute atomic E-state index is 0.105.